The van der Waals surface area contributed by atoms with Crippen molar-refractivity contribution in [1.29, 1.82) is 0 Å². The Morgan fingerprint density at radius 3 is 2.36 bits per heavy atom. The third-order valence-electron chi connectivity index (χ3n) is 1.43. The molecule has 1 fully saturated rings. The number of hydrogen-bond acceptors (Lipinski definition) is 2. The second-order valence-corrected chi connectivity index (χ2v) is 3.74. The third-order valence-corrected chi connectivity index (χ3v) is 1.43. The van der Waals surface area contributed by atoms with Crippen molar-refractivity contribution in [3.05, 3.63) is 0 Å². The van der Waals surface area contributed by atoms with Crippen LogP contribution in [0.5, 0.6) is 0 Å². The van der Waals surface area contributed by atoms with Gasteiger partial charge in [-0.2, -0.15) is 0 Å². The Bertz CT molecular complexity index is 156. The van der Waals surface area contributed by atoms with E-state index in [0.29, 0.717) is 0 Å². The molecular weight excluding hydrogens is 142 g/mol. The Morgan fingerprint density at radius 2 is 2.09 bits per heavy atom. The fraction of sp³-hybridized carbons (Fsp3) is 0.875. The van der Waals surface area contributed by atoms with Crippen LogP contribution in [0.15, 0.2) is 0 Å². The highest BCUT2D eigenvalue weighted by molar-refractivity contribution is 5.77. The van der Waals surface area contributed by atoms with Crippen molar-refractivity contribution in [2.75, 3.05) is 6.54 Å². The summed E-state index contributed by atoms with van der Waals surface area (Å²) in [6.07, 6.45) is 0.856. The van der Waals surface area contributed by atoms with Crippen molar-refractivity contribution in [1.82, 2.24) is 5.32 Å². The van der Waals surface area contributed by atoms with Gasteiger partial charge in [0.25, 0.3) is 0 Å². The van der Waals surface area contributed by atoms with E-state index in [-0.39, 0.29) is 17.6 Å². The van der Waals surface area contributed by atoms with Crippen molar-refractivity contribution in [3.63, 3.8) is 0 Å². The minimum absolute atomic E-state index is 0.172. The summed E-state index contributed by atoms with van der Waals surface area (Å²) in [5, 5.41) is 3.98. The number of carbonyl (C=O) groups excluding carboxylic acids is 1. The maximum atomic E-state index is 11.1. The van der Waals surface area contributed by atoms with Crippen LogP contribution in [0.2, 0.25) is 0 Å². The standard InChI is InChI=1S/C8H14NO2/c1-8(2,3)11-7(10)6-4-5-9-6/h6H,4-5H2,1-3H3. The highest BCUT2D eigenvalue weighted by atomic mass is 16.6. The molecule has 63 valence electrons. The van der Waals surface area contributed by atoms with E-state index in [2.05, 4.69) is 5.32 Å². The van der Waals surface area contributed by atoms with Gasteiger partial charge < -0.3 is 4.74 Å². The van der Waals surface area contributed by atoms with Crippen LogP contribution in [0.1, 0.15) is 27.2 Å². The molecule has 0 aliphatic carbocycles. The van der Waals surface area contributed by atoms with E-state index in [1.54, 1.807) is 0 Å². The molecule has 11 heavy (non-hydrogen) atoms. The van der Waals surface area contributed by atoms with Gasteiger partial charge in [-0.15, -0.1) is 0 Å². The van der Waals surface area contributed by atoms with Crippen molar-refractivity contribution < 1.29 is 9.53 Å². The summed E-state index contributed by atoms with van der Waals surface area (Å²) in [4.78, 5) is 11.1. The number of ether oxygens (including phenoxy) is 1. The molecule has 0 spiro atoms. The lowest BCUT2D eigenvalue weighted by molar-refractivity contribution is -0.159. The fourth-order valence-electron chi connectivity index (χ4n) is 0.820. The van der Waals surface area contributed by atoms with E-state index in [9.17, 15) is 4.79 Å². The monoisotopic (exact) mass is 156 g/mol. The molecule has 3 nitrogen and oxygen atoms in total. The summed E-state index contributed by atoms with van der Waals surface area (Å²) in [6, 6.07) is -0.172. The normalized spacial score (nSPS) is 24.1. The van der Waals surface area contributed by atoms with Gasteiger partial charge in [0.2, 0.25) is 0 Å². The van der Waals surface area contributed by atoms with Crippen LogP contribution < -0.4 is 5.32 Å². The fourth-order valence-corrected chi connectivity index (χ4v) is 0.820. The Hall–Kier alpha value is -0.570. The Labute approximate surface area is 67.1 Å². The second-order valence-electron chi connectivity index (χ2n) is 3.74. The zero-order valence-corrected chi connectivity index (χ0v) is 7.26. The molecule has 0 bridgehead atoms. The summed E-state index contributed by atoms with van der Waals surface area (Å²) >= 11 is 0. The Kier molecular flexibility index (Phi) is 2.18. The topological polar surface area (TPSA) is 40.4 Å². The van der Waals surface area contributed by atoms with Crippen LogP contribution in [0, 0.1) is 0 Å². The largest absolute Gasteiger partial charge is 0.459 e. The van der Waals surface area contributed by atoms with Crippen LogP contribution in [0.4, 0.5) is 0 Å². The van der Waals surface area contributed by atoms with Gasteiger partial charge in [0, 0.05) is 6.54 Å². The van der Waals surface area contributed by atoms with Gasteiger partial charge in [0.05, 0.1) is 0 Å². The number of rotatable bonds is 1. The number of esters is 1. The van der Waals surface area contributed by atoms with Gasteiger partial charge in [-0.25, -0.2) is 5.32 Å². The molecule has 3 heteroatoms. The van der Waals surface area contributed by atoms with E-state index in [0.717, 1.165) is 13.0 Å². The molecule has 0 aromatic heterocycles. The van der Waals surface area contributed by atoms with Gasteiger partial charge in [0.1, 0.15) is 11.6 Å². The summed E-state index contributed by atoms with van der Waals surface area (Å²) < 4.78 is 5.11. The van der Waals surface area contributed by atoms with Crippen molar-refractivity contribution in [2.24, 2.45) is 0 Å². The lowest BCUT2D eigenvalue weighted by atomic mass is 10.1. The highest BCUT2D eigenvalue weighted by Gasteiger charge is 2.30. The van der Waals surface area contributed by atoms with Crippen molar-refractivity contribution in [2.45, 2.75) is 38.8 Å². The van der Waals surface area contributed by atoms with E-state index in [4.69, 9.17) is 4.74 Å². The first-order valence-corrected chi connectivity index (χ1v) is 3.88. The lowest BCUT2D eigenvalue weighted by Crippen LogP contribution is -2.46. The maximum absolute atomic E-state index is 11.1. The highest BCUT2D eigenvalue weighted by Crippen LogP contribution is 2.13. The zero-order chi connectivity index (χ0) is 8.48. The maximum Gasteiger partial charge on any atom is 0.325 e. The van der Waals surface area contributed by atoms with Crippen molar-refractivity contribution in [3.8, 4) is 0 Å². The molecule has 1 saturated heterocycles. The smallest absolute Gasteiger partial charge is 0.325 e. The predicted molar refractivity (Wildman–Crippen MR) is 41.3 cm³/mol. The summed E-state index contributed by atoms with van der Waals surface area (Å²) in [7, 11) is 0. The molecule has 1 aliphatic heterocycles. The summed E-state index contributed by atoms with van der Waals surface area (Å²) in [6.45, 7) is 6.40. The minimum atomic E-state index is -0.373. The first kappa shape index (κ1) is 8.53. The van der Waals surface area contributed by atoms with Crippen LogP contribution in [0.25, 0.3) is 0 Å². The molecule has 0 saturated carbocycles. The van der Waals surface area contributed by atoms with Crippen LogP contribution >= 0.6 is 0 Å². The molecule has 0 aromatic carbocycles. The summed E-state index contributed by atoms with van der Waals surface area (Å²) in [5.41, 5.74) is -0.373. The van der Waals surface area contributed by atoms with Gasteiger partial charge in [-0.1, -0.05) is 0 Å². The van der Waals surface area contributed by atoms with E-state index in [1.807, 2.05) is 20.8 Å². The molecule has 1 atom stereocenters. The molecule has 1 rings (SSSR count). The molecule has 1 radical (unpaired) electrons. The van der Waals surface area contributed by atoms with Crippen LogP contribution in [0.3, 0.4) is 0 Å². The number of hydrogen-bond donors (Lipinski definition) is 0. The molecular formula is C8H14NO2. The van der Waals surface area contributed by atoms with Gasteiger partial charge in [0.15, 0.2) is 0 Å². The first-order valence-electron chi connectivity index (χ1n) is 3.88. The molecule has 0 amide bonds. The van der Waals surface area contributed by atoms with Crippen molar-refractivity contribution >= 4 is 5.97 Å². The van der Waals surface area contributed by atoms with Crippen LogP contribution in [-0.4, -0.2) is 24.2 Å². The van der Waals surface area contributed by atoms with Gasteiger partial charge >= 0.3 is 5.97 Å². The molecule has 1 unspecified atom stereocenters. The Morgan fingerprint density at radius 1 is 1.55 bits per heavy atom. The summed E-state index contributed by atoms with van der Waals surface area (Å²) in [5.74, 6) is -0.177. The lowest BCUT2D eigenvalue weighted by Gasteiger charge is -2.27. The molecule has 1 heterocycles. The molecule has 1 aliphatic rings. The minimum Gasteiger partial charge on any atom is -0.459 e. The van der Waals surface area contributed by atoms with Crippen LogP contribution in [-0.2, 0) is 9.53 Å². The molecule has 0 aromatic rings. The number of nitrogens with zero attached hydrogens (tertiary/aromatic N) is 1. The van der Waals surface area contributed by atoms with E-state index in [1.165, 1.54) is 0 Å². The average Bonchev–Trinajstić information content (AvgIpc) is 1.50. The Balaban J connectivity index is 2.31. The zero-order valence-electron chi connectivity index (χ0n) is 7.26. The third kappa shape index (κ3) is 2.50. The average molecular weight is 156 g/mol. The first-order chi connectivity index (χ1) is 4.99. The van der Waals surface area contributed by atoms with E-state index < -0.39 is 0 Å². The van der Waals surface area contributed by atoms with E-state index >= 15 is 0 Å². The molecule has 0 N–H and O–H groups in total. The predicted octanol–water partition coefficient (Wildman–Crippen LogP) is 0.705. The van der Waals surface area contributed by atoms with Gasteiger partial charge in [-0.05, 0) is 27.2 Å². The SMILES string of the molecule is CC(C)(C)OC(=O)C1CC[N]1. The quantitative estimate of drug-likeness (QED) is 0.524. The number of carbonyl (C=O) groups is 1. The van der Waals surface area contributed by atoms with Gasteiger partial charge in [-0.3, -0.25) is 4.79 Å². The second kappa shape index (κ2) is 2.81.